The number of rotatable bonds is 7. The van der Waals surface area contributed by atoms with Gasteiger partial charge >= 0.3 is 5.97 Å². The Bertz CT molecular complexity index is 852. The van der Waals surface area contributed by atoms with Crippen molar-refractivity contribution in [1.82, 2.24) is 0 Å². The third kappa shape index (κ3) is 5.74. The lowest BCUT2D eigenvalue weighted by Gasteiger charge is -2.12. The molecule has 7 heteroatoms. The second-order valence-corrected chi connectivity index (χ2v) is 8.02. The van der Waals surface area contributed by atoms with Crippen molar-refractivity contribution in [2.45, 2.75) is 30.8 Å². The van der Waals surface area contributed by atoms with Crippen LogP contribution < -0.4 is 5.32 Å². The maximum atomic E-state index is 12.5. The van der Waals surface area contributed by atoms with Gasteiger partial charge in [-0.1, -0.05) is 29.8 Å². The summed E-state index contributed by atoms with van der Waals surface area (Å²) in [5.74, 6) is -0.180. The summed E-state index contributed by atoms with van der Waals surface area (Å²) in [6.07, 6.45) is 2.34. The van der Waals surface area contributed by atoms with E-state index >= 15 is 0 Å². The van der Waals surface area contributed by atoms with Crippen molar-refractivity contribution in [3.8, 4) is 0 Å². The third-order valence-electron chi connectivity index (χ3n) is 4.29. The van der Waals surface area contributed by atoms with Crippen LogP contribution in [0.25, 0.3) is 0 Å². The third-order valence-corrected chi connectivity index (χ3v) is 5.81. The molecule has 3 rings (SSSR count). The van der Waals surface area contributed by atoms with Crippen LogP contribution in [0, 0.1) is 6.92 Å². The topological polar surface area (TPSA) is 64.6 Å². The van der Waals surface area contributed by atoms with Crippen molar-refractivity contribution in [2.75, 3.05) is 24.3 Å². The highest BCUT2D eigenvalue weighted by Gasteiger charge is 2.19. The fraction of sp³-hybridized carbons (Fsp3) is 0.333. The van der Waals surface area contributed by atoms with E-state index in [0.717, 1.165) is 35.7 Å². The van der Waals surface area contributed by atoms with Crippen molar-refractivity contribution < 1.29 is 19.1 Å². The quantitative estimate of drug-likeness (QED) is 0.519. The second-order valence-electron chi connectivity index (χ2n) is 6.55. The molecule has 2 aromatic rings. The molecule has 0 saturated carbocycles. The van der Waals surface area contributed by atoms with Gasteiger partial charge in [-0.15, -0.1) is 11.8 Å². The number of carbonyl (C=O) groups excluding carboxylic acids is 2. The zero-order valence-corrected chi connectivity index (χ0v) is 17.1. The van der Waals surface area contributed by atoms with E-state index in [1.807, 2.05) is 25.1 Å². The summed E-state index contributed by atoms with van der Waals surface area (Å²) in [5, 5.41) is 3.09. The van der Waals surface area contributed by atoms with E-state index in [4.69, 9.17) is 21.1 Å². The van der Waals surface area contributed by atoms with Crippen molar-refractivity contribution in [1.29, 1.82) is 0 Å². The summed E-state index contributed by atoms with van der Waals surface area (Å²) in [6.45, 7) is 2.33. The monoisotopic (exact) mass is 419 g/mol. The minimum absolute atomic E-state index is 0.221. The van der Waals surface area contributed by atoms with E-state index in [9.17, 15) is 9.59 Å². The van der Waals surface area contributed by atoms with Gasteiger partial charge in [-0.05, 0) is 49.6 Å². The largest absolute Gasteiger partial charge is 0.452 e. The number of hydrogen-bond acceptors (Lipinski definition) is 5. The summed E-state index contributed by atoms with van der Waals surface area (Å²) >= 11 is 7.68. The molecule has 1 aliphatic heterocycles. The Labute approximate surface area is 173 Å². The summed E-state index contributed by atoms with van der Waals surface area (Å²) in [4.78, 5) is 25.4. The Morgan fingerprint density at radius 1 is 1.29 bits per heavy atom. The summed E-state index contributed by atoms with van der Waals surface area (Å²) in [5.41, 5.74) is 1.93. The van der Waals surface area contributed by atoms with Gasteiger partial charge in [-0.2, -0.15) is 0 Å². The Kier molecular flexibility index (Phi) is 7.36. The molecular weight excluding hydrogens is 398 g/mol. The van der Waals surface area contributed by atoms with Crippen LogP contribution in [0.15, 0.2) is 47.4 Å². The van der Waals surface area contributed by atoms with Crippen LogP contribution in [0.2, 0.25) is 5.02 Å². The molecule has 0 unspecified atom stereocenters. The van der Waals surface area contributed by atoms with E-state index < -0.39 is 11.9 Å². The molecule has 0 aromatic heterocycles. The minimum Gasteiger partial charge on any atom is -0.452 e. The first kappa shape index (κ1) is 20.7. The molecule has 1 fully saturated rings. The van der Waals surface area contributed by atoms with Gasteiger partial charge < -0.3 is 14.8 Å². The Morgan fingerprint density at radius 3 is 2.86 bits per heavy atom. The number of hydrogen-bond donors (Lipinski definition) is 1. The molecule has 1 atom stereocenters. The fourth-order valence-electron chi connectivity index (χ4n) is 2.84. The van der Waals surface area contributed by atoms with Gasteiger partial charge in [0.2, 0.25) is 0 Å². The molecule has 1 aliphatic rings. The van der Waals surface area contributed by atoms with Gasteiger partial charge in [-0.25, -0.2) is 4.79 Å². The number of aryl methyl sites for hydroxylation is 1. The standard InChI is InChI=1S/C21H22ClNO4S/c1-14-8-9-18(17(22)11-14)23-20(24)12-27-21(25)16-6-2-3-7-19(16)28-13-15-5-4-10-26-15/h2-3,6-9,11,15H,4-5,10,12-13H2,1H3,(H,23,24)/t15-/m0/s1. The molecule has 0 bridgehead atoms. The first-order valence-electron chi connectivity index (χ1n) is 9.09. The summed E-state index contributed by atoms with van der Waals surface area (Å²) in [6, 6.07) is 12.5. The molecule has 0 radical (unpaired) electrons. The maximum absolute atomic E-state index is 12.5. The van der Waals surface area contributed by atoms with Gasteiger partial charge in [0.05, 0.1) is 22.4 Å². The van der Waals surface area contributed by atoms with Crippen LogP contribution in [0.1, 0.15) is 28.8 Å². The second kappa shape index (κ2) is 9.96. The smallest absolute Gasteiger partial charge is 0.339 e. The van der Waals surface area contributed by atoms with Gasteiger partial charge in [0.15, 0.2) is 6.61 Å². The molecule has 0 spiro atoms. The lowest BCUT2D eigenvalue weighted by atomic mass is 10.2. The number of amides is 1. The first-order valence-corrected chi connectivity index (χ1v) is 10.5. The van der Waals surface area contributed by atoms with Gasteiger partial charge in [0.25, 0.3) is 5.91 Å². The predicted octanol–water partition coefficient (Wildman–Crippen LogP) is 4.72. The molecule has 1 amide bonds. The van der Waals surface area contributed by atoms with Crippen molar-refractivity contribution in [2.24, 2.45) is 0 Å². The number of benzene rings is 2. The zero-order chi connectivity index (χ0) is 19.9. The first-order chi connectivity index (χ1) is 13.5. The molecule has 0 aliphatic carbocycles. The van der Waals surface area contributed by atoms with Crippen LogP contribution in [0.3, 0.4) is 0 Å². The molecule has 148 valence electrons. The van der Waals surface area contributed by atoms with Gasteiger partial charge in [-0.3, -0.25) is 4.79 Å². The number of thioether (sulfide) groups is 1. The number of ether oxygens (including phenoxy) is 2. The van der Waals surface area contributed by atoms with E-state index in [2.05, 4.69) is 5.32 Å². The zero-order valence-electron chi connectivity index (χ0n) is 15.6. The van der Waals surface area contributed by atoms with E-state index in [0.29, 0.717) is 16.3 Å². The molecule has 1 N–H and O–H groups in total. The van der Waals surface area contributed by atoms with Crippen LogP contribution in [0.5, 0.6) is 0 Å². The molecule has 28 heavy (non-hydrogen) atoms. The lowest BCUT2D eigenvalue weighted by molar-refractivity contribution is -0.119. The number of halogens is 1. The van der Waals surface area contributed by atoms with Gasteiger partial charge in [0, 0.05) is 17.3 Å². The minimum atomic E-state index is -0.527. The summed E-state index contributed by atoms with van der Waals surface area (Å²) < 4.78 is 10.8. The highest BCUT2D eigenvalue weighted by Crippen LogP contribution is 2.27. The van der Waals surface area contributed by atoms with Crippen LogP contribution in [-0.4, -0.2) is 36.9 Å². The highest BCUT2D eigenvalue weighted by molar-refractivity contribution is 7.99. The predicted molar refractivity (Wildman–Crippen MR) is 111 cm³/mol. The number of esters is 1. The molecule has 5 nitrogen and oxygen atoms in total. The molecular formula is C21H22ClNO4S. The van der Waals surface area contributed by atoms with Crippen molar-refractivity contribution in [3.63, 3.8) is 0 Å². The normalized spacial score (nSPS) is 16.0. The van der Waals surface area contributed by atoms with Crippen LogP contribution in [0.4, 0.5) is 5.69 Å². The van der Waals surface area contributed by atoms with E-state index in [-0.39, 0.29) is 12.7 Å². The molecule has 2 aromatic carbocycles. The van der Waals surface area contributed by atoms with E-state index in [1.165, 1.54) is 0 Å². The highest BCUT2D eigenvalue weighted by atomic mass is 35.5. The Hall–Kier alpha value is -2.02. The Morgan fingerprint density at radius 2 is 2.11 bits per heavy atom. The van der Waals surface area contributed by atoms with E-state index in [1.54, 1.807) is 36.0 Å². The number of carbonyl (C=O) groups is 2. The fourth-order valence-corrected chi connectivity index (χ4v) is 4.23. The average molecular weight is 420 g/mol. The maximum Gasteiger partial charge on any atom is 0.339 e. The summed E-state index contributed by atoms with van der Waals surface area (Å²) in [7, 11) is 0. The van der Waals surface area contributed by atoms with Crippen molar-refractivity contribution in [3.05, 3.63) is 58.6 Å². The molecule has 1 heterocycles. The number of anilines is 1. The lowest BCUT2D eigenvalue weighted by Crippen LogP contribution is -2.21. The number of nitrogens with one attached hydrogen (secondary N) is 1. The molecule has 1 saturated heterocycles. The SMILES string of the molecule is Cc1ccc(NC(=O)COC(=O)c2ccccc2SC[C@@H]2CCCO2)c(Cl)c1. The van der Waals surface area contributed by atoms with Crippen molar-refractivity contribution >= 4 is 40.9 Å². The van der Waals surface area contributed by atoms with Crippen LogP contribution >= 0.6 is 23.4 Å². The Balaban J connectivity index is 1.54. The van der Waals surface area contributed by atoms with Gasteiger partial charge in [0.1, 0.15) is 0 Å². The van der Waals surface area contributed by atoms with Crippen LogP contribution in [-0.2, 0) is 14.3 Å². The average Bonchev–Trinajstić information content (AvgIpc) is 3.20.